The topological polar surface area (TPSA) is 83.7 Å². The predicted molar refractivity (Wildman–Crippen MR) is 65.7 cm³/mol. The molecule has 6 nitrogen and oxygen atoms in total. The van der Waals surface area contributed by atoms with Crippen molar-refractivity contribution in [1.29, 1.82) is 0 Å². The van der Waals surface area contributed by atoms with Gasteiger partial charge in [0.25, 0.3) is 0 Å². The van der Waals surface area contributed by atoms with Gasteiger partial charge in [0.2, 0.25) is 0 Å². The Hall–Kier alpha value is -2.03. The number of pyridine rings is 1. The first-order chi connectivity index (χ1) is 9.80. The van der Waals surface area contributed by atoms with Crippen LogP contribution >= 0.6 is 0 Å². The Bertz CT molecular complexity index is 481. The smallest absolute Gasteiger partial charge is 0.493 e. The molecular formula is C12H15F3N2O4. The second-order valence-corrected chi connectivity index (χ2v) is 3.83. The van der Waals surface area contributed by atoms with E-state index in [1.54, 1.807) is 6.92 Å². The van der Waals surface area contributed by atoms with Gasteiger partial charge >= 0.3 is 12.3 Å². The summed E-state index contributed by atoms with van der Waals surface area (Å²) in [5.74, 6) is -1.37. The van der Waals surface area contributed by atoms with Gasteiger partial charge in [-0.1, -0.05) is 0 Å². The first-order valence-electron chi connectivity index (χ1n) is 5.99. The molecule has 0 amide bonds. The normalized spacial score (nSPS) is 11.1. The standard InChI is InChI=1S/C12H15F3N2O4/c1-3-20-10(18)5-7-4-9(19-2)11(8(6-16)17-7)21-12(13,14)15/h4H,3,5-6,16H2,1-2H3. The van der Waals surface area contributed by atoms with Gasteiger partial charge in [0.05, 0.1) is 25.8 Å². The lowest BCUT2D eigenvalue weighted by Crippen LogP contribution is -2.20. The van der Waals surface area contributed by atoms with Gasteiger partial charge in [0.1, 0.15) is 5.69 Å². The molecule has 1 rings (SSSR count). The van der Waals surface area contributed by atoms with E-state index in [2.05, 4.69) is 9.72 Å². The summed E-state index contributed by atoms with van der Waals surface area (Å²) < 4.78 is 50.5. The molecule has 0 aromatic carbocycles. The Balaban J connectivity index is 3.14. The van der Waals surface area contributed by atoms with Crippen LogP contribution in [0.3, 0.4) is 0 Å². The number of esters is 1. The lowest BCUT2D eigenvalue weighted by atomic mass is 10.2. The largest absolute Gasteiger partial charge is 0.573 e. The molecular weight excluding hydrogens is 293 g/mol. The molecule has 9 heteroatoms. The van der Waals surface area contributed by atoms with Gasteiger partial charge in [-0.15, -0.1) is 13.2 Å². The number of halogens is 3. The van der Waals surface area contributed by atoms with Crippen LogP contribution in [0, 0.1) is 0 Å². The van der Waals surface area contributed by atoms with E-state index in [1.807, 2.05) is 0 Å². The Morgan fingerprint density at radius 1 is 1.43 bits per heavy atom. The van der Waals surface area contributed by atoms with E-state index >= 15 is 0 Å². The van der Waals surface area contributed by atoms with Gasteiger partial charge in [-0.2, -0.15) is 0 Å². The van der Waals surface area contributed by atoms with E-state index in [-0.39, 0.29) is 36.7 Å². The summed E-state index contributed by atoms with van der Waals surface area (Å²) >= 11 is 0. The number of alkyl halides is 3. The SMILES string of the molecule is CCOC(=O)Cc1cc(OC)c(OC(F)(F)F)c(CN)n1. The molecule has 0 aliphatic carbocycles. The molecule has 0 unspecified atom stereocenters. The fraction of sp³-hybridized carbons (Fsp3) is 0.500. The minimum absolute atomic E-state index is 0.161. The quantitative estimate of drug-likeness (QED) is 0.803. The molecule has 0 aliphatic rings. The average Bonchev–Trinajstić information content (AvgIpc) is 2.38. The Labute approximate surface area is 119 Å². The number of aromatic nitrogens is 1. The summed E-state index contributed by atoms with van der Waals surface area (Å²) in [6.45, 7) is 1.52. The summed E-state index contributed by atoms with van der Waals surface area (Å²) in [4.78, 5) is 15.3. The second-order valence-electron chi connectivity index (χ2n) is 3.83. The number of hydrogen-bond donors (Lipinski definition) is 1. The summed E-state index contributed by atoms with van der Waals surface area (Å²) in [6.07, 6.45) is -5.11. The molecule has 0 bridgehead atoms. The molecule has 0 saturated heterocycles. The zero-order valence-electron chi connectivity index (χ0n) is 11.5. The molecule has 0 aliphatic heterocycles. The molecule has 1 aromatic heterocycles. The molecule has 0 saturated carbocycles. The van der Waals surface area contributed by atoms with E-state index in [0.29, 0.717) is 0 Å². The van der Waals surface area contributed by atoms with Crippen LogP contribution in [0.25, 0.3) is 0 Å². The van der Waals surface area contributed by atoms with E-state index in [1.165, 1.54) is 13.2 Å². The molecule has 2 N–H and O–H groups in total. The number of ether oxygens (including phenoxy) is 3. The van der Waals surface area contributed by atoms with Crippen LogP contribution in [0.4, 0.5) is 13.2 Å². The van der Waals surface area contributed by atoms with Crippen molar-refractivity contribution in [3.8, 4) is 11.5 Å². The zero-order chi connectivity index (χ0) is 16.0. The maximum absolute atomic E-state index is 12.4. The number of nitrogens with zero attached hydrogens (tertiary/aromatic N) is 1. The molecule has 0 fully saturated rings. The third-order valence-corrected chi connectivity index (χ3v) is 2.32. The van der Waals surface area contributed by atoms with Gasteiger partial charge in [0.15, 0.2) is 11.5 Å². The van der Waals surface area contributed by atoms with Crippen molar-refractivity contribution >= 4 is 5.97 Å². The van der Waals surface area contributed by atoms with E-state index in [0.717, 1.165) is 0 Å². The lowest BCUT2D eigenvalue weighted by molar-refractivity contribution is -0.275. The van der Waals surface area contributed by atoms with Gasteiger partial charge in [0, 0.05) is 12.6 Å². The third kappa shape index (κ3) is 5.10. The van der Waals surface area contributed by atoms with Gasteiger partial charge in [-0.3, -0.25) is 9.78 Å². The van der Waals surface area contributed by atoms with Crippen molar-refractivity contribution in [1.82, 2.24) is 4.98 Å². The Kier molecular flexibility index (Phi) is 5.77. The van der Waals surface area contributed by atoms with Crippen molar-refractivity contribution in [2.24, 2.45) is 5.73 Å². The molecule has 0 atom stereocenters. The number of carbonyl (C=O) groups excluding carboxylic acids is 1. The average molecular weight is 308 g/mol. The monoisotopic (exact) mass is 308 g/mol. The van der Waals surface area contributed by atoms with Crippen LogP contribution in [0.15, 0.2) is 6.07 Å². The second kappa shape index (κ2) is 7.11. The first-order valence-corrected chi connectivity index (χ1v) is 5.99. The number of methoxy groups -OCH3 is 1. The van der Waals surface area contributed by atoms with E-state index in [9.17, 15) is 18.0 Å². The van der Waals surface area contributed by atoms with Crippen LogP contribution < -0.4 is 15.2 Å². The molecule has 1 heterocycles. The van der Waals surface area contributed by atoms with Crippen LogP contribution in [-0.2, 0) is 22.5 Å². The van der Waals surface area contributed by atoms with Crippen molar-refractivity contribution in [2.75, 3.05) is 13.7 Å². The minimum atomic E-state index is -4.90. The zero-order valence-corrected chi connectivity index (χ0v) is 11.5. The molecule has 118 valence electrons. The van der Waals surface area contributed by atoms with Crippen LogP contribution in [-0.4, -0.2) is 31.0 Å². The van der Waals surface area contributed by atoms with Gasteiger partial charge < -0.3 is 19.9 Å². The highest BCUT2D eigenvalue weighted by Gasteiger charge is 2.34. The lowest BCUT2D eigenvalue weighted by Gasteiger charge is -2.16. The molecule has 21 heavy (non-hydrogen) atoms. The number of rotatable bonds is 6. The van der Waals surface area contributed by atoms with Crippen molar-refractivity contribution in [3.63, 3.8) is 0 Å². The van der Waals surface area contributed by atoms with Crippen molar-refractivity contribution < 1.29 is 32.2 Å². The maximum Gasteiger partial charge on any atom is 0.573 e. The minimum Gasteiger partial charge on any atom is -0.493 e. The molecule has 1 aromatic rings. The van der Waals surface area contributed by atoms with E-state index < -0.39 is 18.1 Å². The highest BCUT2D eigenvalue weighted by Crippen LogP contribution is 2.35. The maximum atomic E-state index is 12.4. The summed E-state index contributed by atoms with van der Waals surface area (Å²) in [6, 6.07) is 1.18. The Morgan fingerprint density at radius 3 is 2.57 bits per heavy atom. The number of nitrogens with two attached hydrogens (primary N) is 1. The first kappa shape index (κ1) is 17.0. The number of hydrogen-bond acceptors (Lipinski definition) is 6. The fourth-order valence-electron chi connectivity index (χ4n) is 1.58. The highest BCUT2D eigenvalue weighted by molar-refractivity contribution is 5.72. The van der Waals surface area contributed by atoms with Crippen LogP contribution in [0.5, 0.6) is 11.5 Å². The molecule has 0 radical (unpaired) electrons. The summed E-state index contributed by atoms with van der Waals surface area (Å²) in [7, 11) is 1.17. The van der Waals surface area contributed by atoms with Gasteiger partial charge in [-0.05, 0) is 6.92 Å². The van der Waals surface area contributed by atoms with Crippen molar-refractivity contribution in [3.05, 3.63) is 17.5 Å². The van der Waals surface area contributed by atoms with Gasteiger partial charge in [-0.25, -0.2) is 0 Å². The third-order valence-electron chi connectivity index (χ3n) is 2.32. The summed E-state index contributed by atoms with van der Waals surface area (Å²) in [5, 5.41) is 0. The highest BCUT2D eigenvalue weighted by atomic mass is 19.4. The number of carbonyl (C=O) groups is 1. The summed E-state index contributed by atoms with van der Waals surface area (Å²) in [5.41, 5.74) is 5.39. The fourth-order valence-corrected chi connectivity index (χ4v) is 1.58. The van der Waals surface area contributed by atoms with E-state index in [4.69, 9.17) is 15.2 Å². The van der Waals surface area contributed by atoms with Crippen LogP contribution in [0.1, 0.15) is 18.3 Å². The van der Waals surface area contributed by atoms with Crippen LogP contribution in [0.2, 0.25) is 0 Å². The predicted octanol–water partition coefficient (Wildman–Crippen LogP) is 1.55. The molecule has 0 spiro atoms. The Morgan fingerprint density at radius 2 is 2.10 bits per heavy atom. The van der Waals surface area contributed by atoms with Crippen molar-refractivity contribution in [2.45, 2.75) is 26.3 Å².